The summed E-state index contributed by atoms with van der Waals surface area (Å²) in [6, 6.07) is 0. The van der Waals surface area contributed by atoms with Crippen molar-refractivity contribution >= 4 is 11.8 Å². The molecular weight excluding hydrogens is 304 g/mol. The summed E-state index contributed by atoms with van der Waals surface area (Å²) in [7, 11) is 0. The zero-order valence-corrected chi connectivity index (χ0v) is 14.6. The van der Waals surface area contributed by atoms with Gasteiger partial charge in [0.2, 0.25) is 11.8 Å². The monoisotopic (exact) mass is 330 g/mol. The van der Waals surface area contributed by atoms with E-state index < -0.39 is 0 Å². The number of hydrogen-bond donors (Lipinski definition) is 0. The molecule has 2 amide bonds. The smallest absolute Gasteiger partial charge is 0.222 e. The van der Waals surface area contributed by atoms with Crippen molar-refractivity contribution in [3.05, 3.63) is 23.3 Å². The van der Waals surface area contributed by atoms with E-state index in [9.17, 15) is 9.59 Å². The molecule has 0 N–H and O–H groups in total. The van der Waals surface area contributed by atoms with Gasteiger partial charge in [0, 0.05) is 63.6 Å². The van der Waals surface area contributed by atoms with Crippen LogP contribution in [0, 0.1) is 0 Å². The molecule has 6 nitrogen and oxygen atoms in total. The van der Waals surface area contributed by atoms with E-state index in [1.807, 2.05) is 22.9 Å². The van der Waals surface area contributed by atoms with Gasteiger partial charge in [-0.05, 0) is 19.3 Å². The van der Waals surface area contributed by atoms with Crippen LogP contribution in [0.3, 0.4) is 0 Å². The molecule has 2 aliphatic heterocycles. The van der Waals surface area contributed by atoms with Gasteiger partial charge in [-0.2, -0.15) is 0 Å². The van der Waals surface area contributed by atoms with Crippen LogP contribution in [0.4, 0.5) is 0 Å². The van der Waals surface area contributed by atoms with E-state index in [0.29, 0.717) is 18.9 Å². The first-order valence-electron chi connectivity index (χ1n) is 8.96. The minimum Gasteiger partial charge on any atom is -0.343 e. The van der Waals surface area contributed by atoms with Crippen molar-refractivity contribution in [2.24, 2.45) is 0 Å². The van der Waals surface area contributed by atoms with Crippen molar-refractivity contribution in [1.82, 2.24) is 19.8 Å². The maximum absolute atomic E-state index is 12.0. The van der Waals surface area contributed by atoms with E-state index >= 15 is 0 Å². The van der Waals surface area contributed by atoms with Crippen LogP contribution >= 0.6 is 0 Å². The largest absolute Gasteiger partial charge is 0.343 e. The maximum Gasteiger partial charge on any atom is 0.222 e. The minimum atomic E-state index is 0.105. The fourth-order valence-electron chi connectivity index (χ4n) is 3.56. The lowest BCUT2D eigenvalue weighted by Crippen LogP contribution is -2.38. The second kappa shape index (κ2) is 7.28. The highest BCUT2D eigenvalue weighted by atomic mass is 16.2. The van der Waals surface area contributed by atoms with Crippen molar-refractivity contribution in [1.29, 1.82) is 0 Å². The molecule has 0 radical (unpaired) electrons. The van der Waals surface area contributed by atoms with Gasteiger partial charge in [0.1, 0.15) is 5.82 Å². The lowest BCUT2D eigenvalue weighted by Gasteiger charge is -2.32. The van der Waals surface area contributed by atoms with Crippen molar-refractivity contribution in [2.45, 2.75) is 58.4 Å². The Labute approximate surface area is 143 Å². The molecule has 0 unspecified atom stereocenters. The quantitative estimate of drug-likeness (QED) is 0.849. The molecule has 2 aliphatic rings. The zero-order chi connectivity index (χ0) is 17.1. The van der Waals surface area contributed by atoms with Crippen LogP contribution in [-0.4, -0.2) is 51.2 Å². The topological polar surface area (TPSA) is 66.4 Å². The van der Waals surface area contributed by atoms with Crippen molar-refractivity contribution in [3.8, 4) is 0 Å². The highest BCUT2D eigenvalue weighted by Gasteiger charge is 2.27. The molecule has 1 aromatic heterocycles. The third kappa shape index (κ3) is 3.57. The number of piperidine rings is 1. The van der Waals surface area contributed by atoms with Crippen LogP contribution < -0.4 is 0 Å². The van der Waals surface area contributed by atoms with E-state index in [1.165, 1.54) is 0 Å². The number of likely N-dealkylation sites (tertiary alicyclic amines) is 1. The summed E-state index contributed by atoms with van der Waals surface area (Å²) in [5, 5.41) is 0. The van der Waals surface area contributed by atoms with Crippen LogP contribution in [0.25, 0.3) is 0 Å². The Hall–Kier alpha value is -1.98. The lowest BCUT2D eigenvalue weighted by atomic mass is 9.95. The Bertz CT molecular complexity index is 623. The van der Waals surface area contributed by atoms with Crippen molar-refractivity contribution < 1.29 is 9.59 Å². The molecule has 0 atom stereocenters. The second-order valence-corrected chi connectivity index (χ2v) is 6.80. The number of amides is 2. The van der Waals surface area contributed by atoms with Crippen LogP contribution in [0.15, 0.2) is 6.20 Å². The number of carbonyl (C=O) groups excluding carboxylic acids is 2. The van der Waals surface area contributed by atoms with Crippen LogP contribution in [0.5, 0.6) is 0 Å². The summed E-state index contributed by atoms with van der Waals surface area (Å²) < 4.78 is 0. The Morgan fingerprint density at radius 1 is 1.21 bits per heavy atom. The van der Waals surface area contributed by atoms with Gasteiger partial charge in [-0.3, -0.25) is 9.59 Å². The Kier molecular flexibility index (Phi) is 5.11. The molecular formula is C18H26N4O2. The molecule has 0 aliphatic carbocycles. The molecule has 0 bridgehead atoms. The first-order valence-corrected chi connectivity index (χ1v) is 8.96. The van der Waals surface area contributed by atoms with E-state index in [1.54, 1.807) is 6.92 Å². The summed E-state index contributed by atoms with van der Waals surface area (Å²) in [6.45, 7) is 6.62. The number of aromatic nitrogens is 2. The molecule has 3 heterocycles. The predicted octanol–water partition coefficient (Wildman–Crippen LogP) is 1.89. The van der Waals surface area contributed by atoms with Gasteiger partial charge in [-0.1, -0.05) is 6.92 Å². The third-order valence-corrected chi connectivity index (χ3v) is 5.07. The van der Waals surface area contributed by atoms with Gasteiger partial charge in [0.25, 0.3) is 0 Å². The predicted molar refractivity (Wildman–Crippen MR) is 90.3 cm³/mol. The van der Waals surface area contributed by atoms with Crippen LogP contribution in [0.2, 0.25) is 0 Å². The molecule has 0 aromatic carbocycles. The van der Waals surface area contributed by atoms with Crippen molar-refractivity contribution in [3.63, 3.8) is 0 Å². The zero-order valence-electron chi connectivity index (χ0n) is 14.6. The lowest BCUT2D eigenvalue weighted by molar-refractivity contribution is -0.132. The summed E-state index contributed by atoms with van der Waals surface area (Å²) in [5.41, 5.74) is 2.15. The number of hydrogen-bond acceptors (Lipinski definition) is 4. The molecule has 1 fully saturated rings. The first-order chi connectivity index (χ1) is 11.6. The summed E-state index contributed by atoms with van der Waals surface area (Å²) in [5.74, 6) is 1.62. The fraction of sp³-hybridized carbons (Fsp3) is 0.667. The highest BCUT2D eigenvalue weighted by molar-refractivity contribution is 5.76. The van der Waals surface area contributed by atoms with E-state index in [-0.39, 0.29) is 11.8 Å². The number of rotatable bonds is 3. The summed E-state index contributed by atoms with van der Waals surface area (Å²) >= 11 is 0. The molecule has 0 saturated carbocycles. The SMILES string of the molecule is CCCC(=O)N1CCC(c2ncc3c(n2)CCN(C(C)=O)C3)CC1. The average molecular weight is 330 g/mol. The molecule has 6 heteroatoms. The summed E-state index contributed by atoms with van der Waals surface area (Å²) in [4.78, 5) is 36.6. The van der Waals surface area contributed by atoms with Gasteiger partial charge in [0.05, 0.1) is 5.69 Å². The molecule has 0 spiro atoms. The highest BCUT2D eigenvalue weighted by Crippen LogP contribution is 2.27. The average Bonchev–Trinajstić information content (AvgIpc) is 2.61. The van der Waals surface area contributed by atoms with E-state index in [4.69, 9.17) is 4.98 Å². The van der Waals surface area contributed by atoms with Crippen LogP contribution in [-0.2, 0) is 22.6 Å². The summed E-state index contributed by atoms with van der Waals surface area (Å²) in [6.07, 6.45) is 6.12. The normalized spacial score (nSPS) is 18.4. The Morgan fingerprint density at radius 2 is 1.96 bits per heavy atom. The second-order valence-electron chi connectivity index (χ2n) is 6.80. The van der Waals surface area contributed by atoms with Gasteiger partial charge in [-0.25, -0.2) is 9.97 Å². The Balaban J connectivity index is 1.63. The van der Waals surface area contributed by atoms with Gasteiger partial charge >= 0.3 is 0 Å². The molecule has 130 valence electrons. The number of nitrogens with zero attached hydrogens (tertiary/aromatic N) is 4. The van der Waals surface area contributed by atoms with Gasteiger partial charge in [-0.15, -0.1) is 0 Å². The molecule has 24 heavy (non-hydrogen) atoms. The molecule has 3 rings (SSSR count). The third-order valence-electron chi connectivity index (χ3n) is 5.07. The Morgan fingerprint density at radius 3 is 2.62 bits per heavy atom. The fourth-order valence-corrected chi connectivity index (χ4v) is 3.56. The number of fused-ring (bicyclic) bond motifs is 1. The van der Waals surface area contributed by atoms with E-state index in [2.05, 4.69) is 4.98 Å². The molecule has 1 saturated heterocycles. The maximum atomic E-state index is 12.0. The first kappa shape index (κ1) is 16.9. The van der Waals surface area contributed by atoms with Gasteiger partial charge in [0.15, 0.2) is 0 Å². The molecule has 1 aromatic rings. The van der Waals surface area contributed by atoms with Crippen molar-refractivity contribution in [2.75, 3.05) is 19.6 Å². The number of carbonyl (C=O) groups is 2. The standard InChI is InChI=1S/C18H26N4O2/c1-3-4-17(24)21-8-5-14(6-9-21)18-19-11-15-12-22(13(2)23)10-7-16(15)20-18/h11,14H,3-10,12H2,1-2H3. The van der Waals surface area contributed by atoms with Gasteiger partial charge < -0.3 is 9.80 Å². The van der Waals surface area contributed by atoms with E-state index in [0.717, 1.165) is 62.4 Å². The van der Waals surface area contributed by atoms with Crippen LogP contribution in [0.1, 0.15) is 62.5 Å². The minimum absolute atomic E-state index is 0.105.